The molecule has 0 radical (unpaired) electrons. The van der Waals surface area contributed by atoms with Crippen molar-refractivity contribution in [2.75, 3.05) is 19.8 Å². The molecule has 1 amide bonds. The van der Waals surface area contributed by atoms with Gasteiger partial charge in [-0.3, -0.25) is 4.90 Å². The molecular formula is C17H33NO4. The van der Waals surface area contributed by atoms with E-state index >= 15 is 0 Å². The van der Waals surface area contributed by atoms with Crippen LogP contribution < -0.4 is 0 Å². The van der Waals surface area contributed by atoms with Crippen molar-refractivity contribution in [1.29, 1.82) is 0 Å². The Morgan fingerprint density at radius 1 is 0.955 bits per heavy atom. The van der Waals surface area contributed by atoms with E-state index in [2.05, 4.69) is 6.92 Å². The Bertz CT molecular complexity index is 318. The lowest BCUT2D eigenvalue weighted by Crippen LogP contribution is -2.47. The van der Waals surface area contributed by atoms with Crippen molar-refractivity contribution >= 4 is 12.1 Å². The van der Waals surface area contributed by atoms with E-state index in [-0.39, 0.29) is 5.97 Å². The molecule has 1 unspecified atom stereocenters. The minimum absolute atomic E-state index is 0.293. The van der Waals surface area contributed by atoms with E-state index in [0.717, 1.165) is 25.7 Å². The number of rotatable bonds is 11. The zero-order valence-corrected chi connectivity index (χ0v) is 14.9. The molecule has 0 rings (SSSR count). The van der Waals surface area contributed by atoms with Crippen LogP contribution in [0.15, 0.2) is 0 Å². The highest BCUT2D eigenvalue weighted by Crippen LogP contribution is 2.16. The number of ether oxygens (including phenoxy) is 2. The maximum absolute atomic E-state index is 12.2. The van der Waals surface area contributed by atoms with Crippen LogP contribution in [0.2, 0.25) is 0 Å². The molecule has 0 saturated carbocycles. The number of amides is 1. The van der Waals surface area contributed by atoms with Crippen LogP contribution in [0.3, 0.4) is 0 Å². The maximum Gasteiger partial charge on any atom is 0.410 e. The third-order valence-corrected chi connectivity index (χ3v) is 3.38. The summed E-state index contributed by atoms with van der Waals surface area (Å²) >= 11 is 0. The molecule has 0 aliphatic rings. The summed E-state index contributed by atoms with van der Waals surface area (Å²) in [6.45, 7) is 10.9. The lowest BCUT2D eigenvalue weighted by atomic mass is 10.0. The van der Waals surface area contributed by atoms with E-state index in [1.165, 1.54) is 0 Å². The molecule has 0 aromatic heterocycles. The monoisotopic (exact) mass is 315 g/mol. The van der Waals surface area contributed by atoms with Crippen LogP contribution in [-0.2, 0) is 14.3 Å². The average molecular weight is 315 g/mol. The van der Waals surface area contributed by atoms with Crippen molar-refractivity contribution in [3.05, 3.63) is 0 Å². The topological polar surface area (TPSA) is 55.8 Å². The highest BCUT2D eigenvalue weighted by molar-refractivity contribution is 5.81. The van der Waals surface area contributed by atoms with Gasteiger partial charge >= 0.3 is 12.1 Å². The van der Waals surface area contributed by atoms with E-state index < -0.39 is 12.1 Å². The largest absolute Gasteiger partial charge is 0.464 e. The fourth-order valence-electron chi connectivity index (χ4n) is 2.33. The number of nitrogens with zero attached hydrogens (tertiary/aromatic N) is 1. The summed E-state index contributed by atoms with van der Waals surface area (Å²) in [6.07, 6.45) is 4.35. The van der Waals surface area contributed by atoms with Crippen molar-refractivity contribution < 1.29 is 19.1 Å². The third-order valence-electron chi connectivity index (χ3n) is 3.38. The van der Waals surface area contributed by atoms with Gasteiger partial charge in [-0.05, 0) is 32.6 Å². The Morgan fingerprint density at radius 2 is 1.59 bits per heavy atom. The third kappa shape index (κ3) is 8.25. The SMILES string of the molecule is CCCCCCN(C(=O)OCC)C(CC(C)C)C(=O)OCC. The quantitative estimate of drug-likeness (QED) is 0.427. The number of carbonyl (C=O) groups is 2. The zero-order chi connectivity index (χ0) is 17.0. The second-order valence-corrected chi connectivity index (χ2v) is 5.85. The second kappa shape index (κ2) is 12.3. The van der Waals surface area contributed by atoms with Crippen LogP contribution in [0, 0.1) is 5.92 Å². The summed E-state index contributed by atoms with van der Waals surface area (Å²) < 4.78 is 10.3. The predicted molar refractivity (Wildman–Crippen MR) is 87.7 cm³/mol. The number of esters is 1. The van der Waals surface area contributed by atoms with Gasteiger partial charge in [0.05, 0.1) is 13.2 Å². The maximum atomic E-state index is 12.2. The Hall–Kier alpha value is -1.26. The van der Waals surface area contributed by atoms with Gasteiger partial charge in [0.25, 0.3) is 0 Å². The summed E-state index contributed by atoms with van der Waals surface area (Å²) in [7, 11) is 0. The molecule has 22 heavy (non-hydrogen) atoms. The fourth-order valence-corrected chi connectivity index (χ4v) is 2.33. The van der Waals surface area contributed by atoms with Gasteiger partial charge in [-0.1, -0.05) is 40.0 Å². The van der Waals surface area contributed by atoms with Gasteiger partial charge in [0.1, 0.15) is 6.04 Å². The normalized spacial score (nSPS) is 12.1. The van der Waals surface area contributed by atoms with Crippen LogP contribution in [0.5, 0.6) is 0 Å². The lowest BCUT2D eigenvalue weighted by Gasteiger charge is -2.30. The first kappa shape index (κ1) is 20.7. The standard InChI is InChI=1S/C17H33NO4/c1-6-9-10-11-12-18(17(20)22-8-3)15(13-14(4)5)16(19)21-7-2/h14-15H,6-13H2,1-5H3. The van der Waals surface area contributed by atoms with Crippen LogP contribution in [0.25, 0.3) is 0 Å². The summed E-state index contributed by atoms with van der Waals surface area (Å²) in [5.41, 5.74) is 0. The molecule has 0 aromatic carbocycles. The molecular weight excluding hydrogens is 282 g/mol. The molecule has 0 aliphatic heterocycles. The van der Waals surface area contributed by atoms with Gasteiger partial charge in [-0.25, -0.2) is 9.59 Å². The summed E-state index contributed by atoms with van der Waals surface area (Å²) in [5, 5.41) is 0. The smallest absolute Gasteiger partial charge is 0.410 e. The average Bonchev–Trinajstić information content (AvgIpc) is 2.45. The van der Waals surface area contributed by atoms with Gasteiger partial charge in [-0.2, -0.15) is 0 Å². The molecule has 0 saturated heterocycles. The number of hydrogen-bond donors (Lipinski definition) is 0. The molecule has 5 heteroatoms. The van der Waals surface area contributed by atoms with Gasteiger partial charge < -0.3 is 9.47 Å². The Balaban J connectivity index is 4.98. The molecule has 5 nitrogen and oxygen atoms in total. The molecule has 0 bridgehead atoms. The van der Waals surface area contributed by atoms with E-state index in [1.54, 1.807) is 18.7 Å². The molecule has 0 heterocycles. The number of unbranched alkanes of at least 4 members (excludes halogenated alkanes) is 3. The van der Waals surface area contributed by atoms with Crippen molar-refractivity contribution in [2.24, 2.45) is 5.92 Å². The molecule has 130 valence electrons. The van der Waals surface area contributed by atoms with Gasteiger partial charge in [0.2, 0.25) is 0 Å². The Morgan fingerprint density at radius 3 is 2.09 bits per heavy atom. The van der Waals surface area contributed by atoms with E-state index in [9.17, 15) is 9.59 Å². The lowest BCUT2D eigenvalue weighted by molar-refractivity contribution is -0.149. The van der Waals surface area contributed by atoms with Gasteiger partial charge in [0.15, 0.2) is 0 Å². The van der Waals surface area contributed by atoms with Crippen LogP contribution >= 0.6 is 0 Å². The van der Waals surface area contributed by atoms with Crippen molar-refractivity contribution in [3.63, 3.8) is 0 Å². The number of carbonyl (C=O) groups excluding carboxylic acids is 2. The van der Waals surface area contributed by atoms with Crippen molar-refractivity contribution in [2.45, 2.75) is 72.8 Å². The Kier molecular flexibility index (Phi) is 11.6. The fraction of sp³-hybridized carbons (Fsp3) is 0.882. The first-order valence-electron chi connectivity index (χ1n) is 8.57. The molecule has 0 aromatic rings. The van der Waals surface area contributed by atoms with Crippen molar-refractivity contribution in [1.82, 2.24) is 4.90 Å². The molecule has 0 N–H and O–H groups in total. The minimum atomic E-state index is -0.555. The van der Waals surface area contributed by atoms with E-state index in [0.29, 0.717) is 32.1 Å². The zero-order valence-electron chi connectivity index (χ0n) is 14.9. The highest BCUT2D eigenvalue weighted by Gasteiger charge is 2.32. The van der Waals surface area contributed by atoms with Crippen LogP contribution in [0.1, 0.15) is 66.7 Å². The summed E-state index contributed by atoms with van der Waals surface area (Å²) in [4.78, 5) is 26.0. The molecule has 0 fully saturated rings. The van der Waals surface area contributed by atoms with Gasteiger partial charge in [0, 0.05) is 6.54 Å². The molecule has 0 spiro atoms. The van der Waals surface area contributed by atoms with E-state index in [1.807, 2.05) is 13.8 Å². The molecule has 0 aliphatic carbocycles. The number of hydrogen-bond acceptors (Lipinski definition) is 4. The van der Waals surface area contributed by atoms with Crippen molar-refractivity contribution in [3.8, 4) is 0 Å². The van der Waals surface area contributed by atoms with Crippen LogP contribution in [-0.4, -0.2) is 42.8 Å². The minimum Gasteiger partial charge on any atom is -0.464 e. The van der Waals surface area contributed by atoms with E-state index in [4.69, 9.17) is 9.47 Å². The van der Waals surface area contributed by atoms with Gasteiger partial charge in [-0.15, -0.1) is 0 Å². The highest BCUT2D eigenvalue weighted by atomic mass is 16.6. The first-order valence-corrected chi connectivity index (χ1v) is 8.57. The Labute approximate surface area is 135 Å². The second-order valence-electron chi connectivity index (χ2n) is 5.85. The first-order chi connectivity index (χ1) is 10.5. The predicted octanol–water partition coefficient (Wildman–Crippen LogP) is 4.00. The summed E-state index contributed by atoms with van der Waals surface area (Å²) in [5.74, 6) is -0.0401. The van der Waals surface area contributed by atoms with Crippen LogP contribution in [0.4, 0.5) is 4.79 Å². The summed E-state index contributed by atoms with van der Waals surface area (Å²) in [6, 6.07) is -0.555. The molecule has 1 atom stereocenters.